The molecule has 1 aromatic heterocycles. The number of likely N-dealkylation sites (tertiary alicyclic amines) is 1. The van der Waals surface area contributed by atoms with Crippen molar-refractivity contribution in [3.05, 3.63) is 78.0 Å². The van der Waals surface area contributed by atoms with Gasteiger partial charge in [-0.25, -0.2) is 4.68 Å². The molecule has 0 radical (unpaired) electrons. The lowest BCUT2D eigenvalue weighted by Gasteiger charge is -2.34. The maximum atomic E-state index is 12.9. The van der Waals surface area contributed by atoms with Crippen LogP contribution in [0.2, 0.25) is 0 Å². The minimum Gasteiger partial charge on any atom is -0.339 e. The molecule has 168 valence electrons. The number of nitrogens with zero attached hydrogens (tertiary/aromatic N) is 4. The van der Waals surface area contributed by atoms with Gasteiger partial charge in [-0.1, -0.05) is 48.0 Å². The predicted octanol–water partition coefficient (Wildman–Crippen LogP) is 4.84. The van der Waals surface area contributed by atoms with Gasteiger partial charge < -0.3 is 9.80 Å². The molecule has 1 fully saturated rings. The number of carbonyl (C=O) groups is 1. The standard InChI is InChI=1S/C26H30N4O.ClH/c1-20-9-11-21(12-10-20)26-22(19-30(27-26)24-7-5-4-6-8-24)13-14-25(31)29(3)23-15-17-28(2)18-16-23;/h4-14,19,23H,15-18H2,1-3H3;1H. The Bertz CT molecular complexity index is 1050. The summed E-state index contributed by atoms with van der Waals surface area (Å²) in [6.07, 6.45) is 7.61. The van der Waals surface area contributed by atoms with E-state index in [2.05, 4.69) is 43.1 Å². The van der Waals surface area contributed by atoms with Gasteiger partial charge in [0.25, 0.3) is 0 Å². The van der Waals surface area contributed by atoms with E-state index in [1.807, 2.05) is 59.2 Å². The summed E-state index contributed by atoms with van der Waals surface area (Å²) in [6.45, 7) is 4.14. The van der Waals surface area contributed by atoms with E-state index in [1.54, 1.807) is 6.08 Å². The summed E-state index contributed by atoms with van der Waals surface area (Å²) in [5.41, 5.74) is 5.03. The molecule has 0 aliphatic carbocycles. The van der Waals surface area contributed by atoms with E-state index in [0.29, 0.717) is 6.04 Å². The van der Waals surface area contributed by atoms with Crippen LogP contribution in [-0.4, -0.2) is 58.7 Å². The molecule has 6 heteroatoms. The van der Waals surface area contributed by atoms with E-state index < -0.39 is 0 Å². The van der Waals surface area contributed by atoms with Gasteiger partial charge in [0, 0.05) is 36.5 Å². The van der Waals surface area contributed by atoms with Gasteiger partial charge in [0.2, 0.25) is 5.91 Å². The second kappa shape index (κ2) is 10.6. The number of hydrogen-bond donors (Lipinski definition) is 0. The van der Waals surface area contributed by atoms with Crippen LogP contribution in [0.25, 0.3) is 23.0 Å². The van der Waals surface area contributed by atoms with E-state index in [-0.39, 0.29) is 18.3 Å². The van der Waals surface area contributed by atoms with Crippen LogP contribution in [0, 0.1) is 6.92 Å². The predicted molar refractivity (Wildman–Crippen MR) is 133 cm³/mol. The number of benzene rings is 2. The smallest absolute Gasteiger partial charge is 0.246 e. The molecule has 1 aliphatic rings. The Balaban J connectivity index is 0.00000289. The van der Waals surface area contributed by atoms with Crippen molar-refractivity contribution in [3.8, 4) is 16.9 Å². The Labute approximate surface area is 196 Å². The van der Waals surface area contributed by atoms with Crippen LogP contribution in [0.1, 0.15) is 24.0 Å². The van der Waals surface area contributed by atoms with E-state index in [4.69, 9.17) is 5.10 Å². The lowest BCUT2D eigenvalue weighted by atomic mass is 10.0. The third-order valence-corrected chi connectivity index (χ3v) is 6.08. The first-order chi connectivity index (χ1) is 15.0. The fourth-order valence-electron chi connectivity index (χ4n) is 4.00. The summed E-state index contributed by atoms with van der Waals surface area (Å²) in [7, 11) is 4.05. The van der Waals surface area contributed by atoms with Crippen molar-refractivity contribution in [3.63, 3.8) is 0 Å². The zero-order valence-electron chi connectivity index (χ0n) is 18.9. The van der Waals surface area contributed by atoms with Crippen molar-refractivity contribution >= 4 is 24.4 Å². The van der Waals surface area contributed by atoms with Crippen LogP contribution < -0.4 is 0 Å². The average Bonchev–Trinajstić information content (AvgIpc) is 3.23. The number of amides is 1. The van der Waals surface area contributed by atoms with Crippen molar-refractivity contribution in [2.75, 3.05) is 27.2 Å². The molecule has 0 atom stereocenters. The monoisotopic (exact) mass is 450 g/mol. The number of hydrogen-bond acceptors (Lipinski definition) is 3. The van der Waals surface area contributed by atoms with Crippen LogP contribution in [0.15, 0.2) is 66.9 Å². The van der Waals surface area contributed by atoms with Crippen molar-refractivity contribution in [1.29, 1.82) is 0 Å². The van der Waals surface area contributed by atoms with Crippen LogP contribution in [0.5, 0.6) is 0 Å². The Kier molecular flexibility index (Phi) is 7.89. The summed E-state index contributed by atoms with van der Waals surface area (Å²) in [5, 5.41) is 4.84. The number of rotatable bonds is 5. The number of aromatic nitrogens is 2. The van der Waals surface area contributed by atoms with Gasteiger partial charge in [0.05, 0.1) is 11.4 Å². The largest absolute Gasteiger partial charge is 0.339 e. The van der Waals surface area contributed by atoms with Gasteiger partial charge in [-0.05, 0) is 58.1 Å². The van der Waals surface area contributed by atoms with Crippen LogP contribution in [-0.2, 0) is 4.79 Å². The summed E-state index contributed by atoms with van der Waals surface area (Å²) in [5.74, 6) is 0.0388. The summed E-state index contributed by atoms with van der Waals surface area (Å²) >= 11 is 0. The van der Waals surface area contributed by atoms with E-state index >= 15 is 0 Å². The molecule has 0 spiro atoms. The molecule has 2 aromatic carbocycles. The Morgan fingerprint density at radius 3 is 2.38 bits per heavy atom. The minimum atomic E-state index is 0. The number of aryl methyl sites for hydroxylation is 1. The van der Waals surface area contributed by atoms with Gasteiger partial charge in [0.1, 0.15) is 0 Å². The number of halogens is 1. The van der Waals surface area contributed by atoms with Gasteiger partial charge in [-0.3, -0.25) is 4.79 Å². The summed E-state index contributed by atoms with van der Waals surface area (Å²) in [6, 6.07) is 18.7. The molecular formula is C26H31ClN4O. The molecule has 5 nitrogen and oxygen atoms in total. The number of likely N-dealkylation sites (N-methyl/N-ethyl adjacent to an activating group) is 1. The second-order valence-corrected chi connectivity index (χ2v) is 8.40. The van der Waals surface area contributed by atoms with Gasteiger partial charge in [-0.2, -0.15) is 5.10 Å². The quantitative estimate of drug-likeness (QED) is 0.522. The first-order valence-electron chi connectivity index (χ1n) is 10.9. The van der Waals surface area contributed by atoms with Crippen LogP contribution in [0.4, 0.5) is 0 Å². The highest BCUT2D eigenvalue weighted by Crippen LogP contribution is 2.25. The highest BCUT2D eigenvalue weighted by Gasteiger charge is 2.22. The van der Waals surface area contributed by atoms with Crippen LogP contribution >= 0.6 is 12.4 Å². The van der Waals surface area contributed by atoms with Crippen molar-refractivity contribution in [2.24, 2.45) is 0 Å². The molecule has 1 saturated heterocycles. The third kappa shape index (κ3) is 5.47. The summed E-state index contributed by atoms with van der Waals surface area (Å²) < 4.78 is 1.88. The zero-order chi connectivity index (χ0) is 21.8. The fourth-order valence-corrected chi connectivity index (χ4v) is 4.00. The molecule has 3 aromatic rings. The number of piperidine rings is 1. The summed E-state index contributed by atoms with van der Waals surface area (Å²) in [4.78, 5) is 17.1. The third-order valence-electron chi connectivity index (χ3n) is 6.08. The van der Waals surface area contributed by atoms with Crippen molar-refractivity contribution in [2.45, 2.75) is 25.8 Å². The first-order valence-corrected chi connectivity index (χ1v) is 10.9. The molecule has 32 heavy (non-hydrogen) atoms. The van der Waals surface area contributed by atoms with E-state index in [0.717, 1.165) is 48.4 Å². The van der Waals surface area contributed by atoms with Crippen molar-refractivity contribution < 1.29 is 4.79 Å². The molecule has 2 heterocycles. The number of para-hydroxylation sites is 1. The average molecular weight is 451 g/mol. The maximum absolute atomic E-state index is 12.9. The van der Waals surface area contributed by atoms with Gasteiger partial charge >= 0.3 is 0 Å². The maximum Gasteiger partial charge on any atom is 0.246 e. The molecule has 1 amide bonds. The van der Waals surface area contributed by atoms with E-state index in [1.165, 1.54) is 5.56 Å². The number of carbonyl (C=O) groups excluding carboxylic acids is 1. The zero-order valence-corrected chi connectivity index (χ0v) is 19.8. The minimum absolute atomic E-state index is 0. The Morgan fingerprint density at radius 2 is 1.72 bits per heavy atom. The van der Waals surface area contributed by atoms with Crippen molar-refractivity contribution in [1.82, 2.24) is 19.6 Å². The lowest BCUT2D eigenvalue weighted by molar-refractivity contribution is -0.127. The molecule has 0 saturated carbocycles. The molecule has 0 N–H and O–H groups in total. The highest BCUT2D eigenvalue weighted by atomic mass is 35.5. The Hall–Kier alpha value is -2.89. The first kappa shape index (κ1) is 23.8. The fraction of sp³-hybridized carbons (Fsp3) is 0.308. The molecule has 0 bridgehead atoms. The Morgan fingerprint density at radius 1 is 1.06 bits per heavy atom. The topological polar surface area (TPSA) is 41.4 Å². The van der Waals surface area contributed by atoms with Crippen LogP contribution in [0.3, 0.4) is 0 Å². The molecule has 1 aliphatic heterocycles. The molecule has 0 unspecified atom stereocenters. The van der Waals surface area contributed by atoms with Gasteiger partial charge in [0.15, 0.2) is 0 Å². The lowest BCUT2D eigenvalue weighted by Crippen LogP contribution is -2.43. The van der Waals surface area contributed by atoms with E-state index in [9.17, 15) is 4.79 Å². The second-order valence-electron chi connectivity index (χ2n) is 8.40. The van der Waals surface area contributed by atoms with Gasteiger partial charge in [-0.15, -0.1) is 12.4 Å². The molecule has 4 rings (SSSR count). The highest BCUT2D eigenvalue weighted by molar-refractivity contribution is 5.93. The molecular weight excluding hydrogens is 420 g/mol. The normalized spacial score (nSPS) is 15.0. The SMILES string of the molecule is Cc1ccc(-c2nn(-c3ccccc3)cc2C=CC(=O)N(C)C2CCN(C)CC2)cc1.Cl.